The summed E-state index contributed by atoms with van der Waals surface area (Å²) in [4.78, 5) is 1.11. The monoisotopic (exact) mass is 260 g/mol. The minimum atomic E-state index is -3.39. The van der Waals surface area contributed by atoms with Crippen molar-refractivity contribution in [3.05, 3.63) is 24.3 Å². The summed E-state index contributed by atoms with van der Waals surface area (Å²) >= 11 is 1.43. The first kappa shape index (κ1) is 13.5. The minimum absolute atomic E-state index is 0.346. The molecule has 1 aromatic rings. The van der Waals surface area contributed by atoms with Gasteiger partial charge in [0.2, 0.25) is 10.0 Å². The quantitative estimate of drug-likeness (QED) is 0.589. The summed E-state index contributed by atoms with van der Waals surface area (Å²) in [5.74, 6) is 0. The standard InChI is InChI=1S/C10H16N2O2S2/c1-11-7-8-12-16(13,14)10-6-4-3-5-9(10)15-2/h3-6,11-12H,7-8H2,1-2H3. The zero-order valence-corrected chi connectivity index (χ0v) is 11.0. The summed E-state index contributed by atoms with van der Waals surface area (Å²) in [7, 11) is -1.60. The van der Waals surface area contributed by atoms with Crippen LogP contribution >= 0.6 is 11.8 Å². The fourth-order valence-electron chi connectivity index (χ4n) is 1.23. The van der Waals surface area contributed by atoms with Gasteiger partial charge in [-0.25, -0.2) is 13.1 Å². The van der Waals surface area contributed by atoms with E-state index >= 15 is 0 Å². The van der Waals surface area contributed by atoms with Gasteiger partial charge in [-0.3, -0.25) is 0 Å². The number of rotatable bonds is 6. The second-order valence-electron chi connectivity index (χ2n) is 3.15. The Morgan fingerprint density at radius 1 is 1.25 bits per heavy atom. The SMILES string of the molecule is CNCCNS(=O)(=O)c1ccccc1SC. The van der Waals surface area contributed by atoms with Gasteiger partial charge < -0.3 is 5.32 Å². The predicted molar refractivity (Wildman–Crippen MR) is 67.3 cm³/mol. The van der Waals surface area contributed by atoms with E-state index in [-0.39, 0.29) is 0 Å². The van der Waals surface area contributed by atoms with Crippen molar-refractivity contribution in [2.75, 3.05) is 26.4 Å². The van der Waals surface area contributed by atoms with E-state index in [1.54, 1.807) is 25.2 Å². The maximum Gasteiger partial charge on any atom is 0.241 e. The van der Waals surface area contributed by atoms with E-state index in [4.69, 9.17) is 0 Å². The highest BCUT2D eigenvalue weighted by atomic mass is 32.2. The number of hydrogen-bond donors (Lipinski definition) is 2. The molecule has 90 valence electrons. The number of benzene rings is 1. The summed E-state index contributed by atoms with van der Waals surface area (Å²) < 4.78 is 26.4. The fraction of sp³-hybridized carbons (Fsp3) is 0.400. The molecule has 0 aromatic heterocycles. The third-order valence-corrected chi connectivity index (χ3v) is 4.47. The largest absolute Gasteiger partial charge is 0.318 e. The zero-order valence-electron chi connectivity index (χ0n) is 9.36. The molecular weight excluding hydrogens is 244 g/mol. The van der Waals surface area contributed by atoms with Gasteiger partial charge in [0.15, 0.2) is 0 Å². The van der Waals surface area contributed by atoms with Crippen LogP contribution in [0.5, 0.6) is 0 Å². The molecule has 6 heteroatoms. The van der Waals surface area contributed by atoms with Gasteiger partial charge in [0, 0.05) is 18.0 Å². The van der Waals surface area contributed by atoms with E-state index in [1.807, 2.05) is 12.3 Å². The Hall–Kier alpha value is -0.560. The summed E-state index contributed by atoms with van der Waals surface area (Å²) in [5, 5.41) is 2.89. The molecule has 1 rings (SSSR count). The van der Waals surface area contributed by atoms with Crippen LogP contribution in [0.15, 0.2) is 34.1 Å². The van der Waals surface area contributed by atoms with E-state index in [0.29, 0.717) is 18.0 Å². The smallest absolute Gasteiger partial charge is 0.241 e. The third-order valence-electron chi connectivity index (χ3n) is 2.03. The van der Waals surface area contributed by atoms with Gasteiger partial charge in [-0.15, -0.1) is 11.8 Å². The highest BCUT2D eigenvalue weighted by molar-refractivity contribution is 7.99. The molecule has 4 nitrogen and oxygen atoms in total. The van der Waals surface area contributed by atoms with Crippen molar-refractivity contribution in [3.63, 3.8) is 0 Å². The van der Waals surface area contributed by atoms with Crippen LogP contribution in [0, 0.1) is 0 Å². The van der Waals surface area contributed by atoms with Crippen molar-refractivity contribution in [1.29, 1.82) is 0 Å². The van der Waals surface area contributed by atoms with Crippen molar-refractivity contribution >= 4 is 21.8 Å². The van der Waals surface area contributed by atoms with Crippen LogP contribution in [0.3, 0.4) is 0 Å². The van der Waals surface area contributed by atoms with Crippen molar-refractivity contribution < 1.29 is 8.42 Å². The summed E-state index contributed by atoms with van der Waals surface area (Å²) in [6, 6.07) is 6.98. The predicted octanol–water partition coefficient (Wildman–Crippen LogP) is 0.906. The highest BCUT2D eigenvalue weighted by Crippen LogP contribution is 2.23. The van der Waals surface area contributed by atoms with Gasteiger partial charge in [-0.2, -0.15) is 0 Å². The Morgan fingerprint density at radius 3 is 2.56 bits per heavy atom. The first-order chi connectivity index (χ1) is 7.61. The first-order valence-corrected chi connectivity index (χ1v) is 7.60. The van der Waals surface area contributed by atoms with Crippen molar-refractivity contribution in [3.8, 4) is 0 Å². The van der Waals surface area contributed by atoms with Crippen molar-refractivity contribution in [2.45, 2.75) is 9.79 Å². The summed E-state index contributed by atoms with van der Waals surface area (Å²) in [6.07, 6.45) is 1.86. The molecule has 1 aromatic carbocycles. The highest BCUT2D eigenvalue weighted by Gasteiger charge is 2.16. The van der Waals surface area contributed by atoms with Gasteiger partial charge in [0.05, 0.1) is 4.90 Å². The lowest BCUT2D eigenvalue weighted by Crippen LogP contribution is -2.30. The number of sulfonamides is 1. The number of likely N-dealkylation sites (N-methyl/N-ethyl adjacent to an activating group) is 1. The lowest BCUT2D eigenvalue weighted by atomic mass is 10.4. The Bertz CT molecular complexity index is 432. The lowest BCUT2D eigenvalue weighted by Gasteiger charge is -2.09. The molecule has 0 spiro atoms. The molecule has 0 heterocycles. The van der Waals surface area contributed by atoms with Gasteiger partial charge in [-0.05, 0) is 25.4 Å². The molecule has 0 aliphatic carbocycles. The topological polar surface area (TPSA) is 58.2 Å². The van der Waals surface area contributed by atoms with E-state index < -0.39 is 10.0 Å². The second kappa shape index (κ2) is 6.24. The molecule has 0 atom stereocenters. The summed E-state index contributed by atoms with van der Waals surface area (Å²) in [6.45, 7) is 1.00. The Kier molecular flexibility index (Phi) is 5.27. The van der Waals surface area contributed by atoms with Gasteiger partial charge in [0.25, 0.3) is 0 Å². The van der Waals surface area contributed by atoms with E-state index in [2.05, 4.69) is 10.0 Å². The van der Waals surface area contributed by atoms with Crippen LogP contribution in [0.2, 0.25) is 0 Å². The normalized spacial score (nSPS) is 11.6. The van der Waals surface area contributed by atoms with Gasteiger partial charge in [-0.1, -0.05) is 12.1 Å². The molecule has 0 aliphatic rings. The molecule has 16 heavy (non-hydrogen) atoms. The van der Waals surface area contributed by atoms with Crippen LogP contribution < -0.4 is 10.0 Å². The molecule has 0 radical (unpaired) electrons. The molecule has 0 saturated heterocycles. The molecule has 0 saturated carbocycles. The molecule has 0 unspecified atom stereocenters. The fourth-order valence-corrected chi connectivity index (χ4v) is 3.41. The third kappa shape index (κ3) is 3.48. The van der Waals surface area contributed by atoms with E-state index in [1.165, 1.54) is 11.8 Å². The maximum atomic E-state index is 11.9. The lowest BCUT2D eigenvalue weighted by molar-refractivity contribution is 0.577. The maximum absolute atomic E-state index is 11.9. The zero-order chi connectivity index (χ0) is 12.0. The van der Waals surface area contributed by atoms with Crippen molar-refractivity contribution in [2.24, 2.45) is 0 Å². The van der Waals surface area contributed by atoms with Gasteiger partial charge in [0.1, 0.15) is 0 Å². The number of nitrogens with one attached hydrogen (secondary N) is 2. The van der Waals surface area contributed by atoms with Crippen LogP contribution in [0.25, 0.3) is 0 Å². The number of thioether (sulfide) groups is 1. The Labute approximate surface area is 101 Å². The first-order valence-electron chi connectivity index (χ1n) is 4.89. The number of hydrogen-bond acceptors (Lipinski definition) is 4. The average Bonchev–Trinajstić information content (AvgIpc) is 2.29. The van der Waals surface area contributed by atoms with E-state index in [0.717, 1.165) is 4.90 Å². The van der Waals surface area contributed by atoms with Crippen LogP contribution in [-0.2, 0) is 10.0 Å². The Balaban J connectivity index is 2.89. The second-order valence-corrected chi connectivity index (χ2v) is 5.74. The summed E-state index contributed by atoms with van der Waals surface area (Å²) in [5.41, 5.74) is 0. The van der Waals surface area contributed by atoms with Crippen LogP contribution in [0.4, 0.5) is 0 Å². The van der Waals surface area contributed by atoms with E-state index in [9.17, 15) is 8.42 Å². The van der Waals surface area contributed by atoms with Gasteiger partial charge >= 0.3 is 0 Å². The average molecular weight is 260 g/mol. The molecule has 2 N–H and O–H groups in total. The molecule has 0 aliphatic heterocycles. The molecular formula is C10H16N2O2S2. The molecule has 0 bridgehead atoms. The molecule has 0 amide bonds. The van der Waals surface area contributed by atoms with Crippen LogP contribution in [-0.4, -0.2) is 34.8 Å². The van der Waals surface area contributed by atoms with Crippen molar-refractivity contribution in [1.82, 2.24) is 10.0 Å². The molecule has 0 fully saturated rings. The Morgan fingerprint density at radius 2 is 1.94 bits per heavy atom. The van der Waals surface area contributed by atoms with Crippen LogP contribution in [0.1, 0.15) is 0 Å². The minimum Gasteiger partial charge on any atom is -0.318 e.